The van der Waals surface area contributed by atoms with Crippen molar-refractivity contribution in [2.45, 2.75) is 25.7 Å². The predicted molar refractivity (Wildman–Crippen MR) is 58.0 cm³/mol. The van der Waals surface area contributed by atoms with E-state index in [-0.39, 0.29) is 5.97 Å². The molecule has 110 valence electrons. The third-order valence-corrected chi connectivity index (χ3v) is 1.29. The van der Waals surface area contributed by atoms with Crippen LogP contribution in [0.15, 0.2) is 0 Å². The summed E-state index contributed by atoms with van der Waals surface area (Å²) in [6.45, 7) is 0.638. The van der Waals surface area contributed by atoms with Crippen molar-refractivity contribution in [1.82, 2.24) is 0 Å². The number of carbonyl (C=O) groups excluding carboxylic acids is 1. The van der Waals surface area contributed by atoms with Gasteiger partial charge in [0.15, 0.2) is 0 Å². The van der Waals surface area contributed by atoms with Crippen LogP contribution in [0.2, 0.25) is 0 Å². The molecule has 0 aromatic rings. The number of ether oxygens (including phenoxy) is 1. The molecule has 6 N–H and O–H groups in total. The highest BCUT2D eigenvalue weighted by Crippen LogP contribution is 2.26. The van der Waals surface area contributed by atoms with Crippen molar-refractivity contribution in [3.05, 3.63) is 0 Å². The van der Waals surface area contributed by atoms with Gasteiger partial charge in [0.05, 0.1) is 6.61 Å². The third kappa shape index (κ3) is 44.8. The van der Waals surface area contributed by atoms with Gasteiger partial charge in [-0.05, 0) is 19.3 Å². The molecule has 0 spiro atoms. The Morgan fingerprint density at radius 3 is 1.61 bits per heavy atom. The molecule has 0 aromatic carbocycles. The molecular formula is C6H16O10P2. The molecule has 0 amide bonds. The Kier molecular flexibility index (Phi) is 10.7. The average Bonchev–Trinajstić information content (AvgIpc) is 2.25. The maximum atomic E-state index is 10.5. The molecular weight excluding hydrogens is 294 g/mol. The standard InChI is InChI=1S/C6H10O2.2H3O4P/c7-6-4-2-1-3-5-8-6;2*1-5(2,3)4/h1-5H2;2*(H3,1,2,3,4). The smallest absolute Gasteiger partial charge is 0.466 e. The summed E-state index contributed by atoms with van der Waals surface area (Å²) in [6.07, 6.45) is 3.83. The topological polar surface area (TPSA) is 182 Å². The highest BCUT2D eigenvalue weighted by Gasteiger charge is 2.05. The van der Waals surface area contributed by atoms with E-state index in [4.69, 9.17) is 43.2 Å². The normalized spacial score (nSPS) is 16.2. The number of carbonyl (C=O) groups is 1. The number of cyclic esters (lactones) is 1. The lowest BCUT2D eigenvalue weighted by Gasteiger charge is -1.93. The van der Waals surface area contributed by atoms with Crippen molar-refractivity contribution in [3.63, 3.8) is 0 Å². The maximum absolute atomic E-state index is 10.5. The van der Waals surface area contributed by atoms with E-state index in [0.717, 1.165) is 19.3 Å². The number of hydrogen-bond acceptors (Lipinski definition) is 4. The summed E-state index contributed by atoms with van der Waals surface area (Å²) in [6, 6.07) is 0. The Morgan fingerprint density at radius 2 is 1.22 bits per heavy atom. The Morgan fingerprint density at radius 1 is 0.833 bits per heavy atom. The first kappa shape index (κ1) is 20.0. The molecule has 0 unspecified atom stereocenters. The Bertz CT molecular complexity index is 270. The molecule has 1 aliphatic rings. The second-order valence-electron chi connectivity index (χ2n) is 3.06. The fraction of sp³-hybridized carbons (Fsp3) is 0.833. The number of rotatable bonds is 0. The second-order valence-corrected chi connectivity index (χ2v) is 5.11. The minimum Gasteiger partial charge on any atom is -0.466 e. The zero-order chi connectivity index (χ0) is 14.8. The molecule has 0 radical (unpaired) electrons. The van der Waals surface area contributed by atoms with Crippen LogP contribution in [0.25, 0.3) is 0 Å². The molecule has 0 aromatic heterocycles. The van der Waals surface area contributed by atoms with Crippen LogP contribution >= 0.6 is 15.6 Å². The van der Waals surface area contributed by atoms with Crippen molar-refractivity contribution in [3.8, 4) is 0 Å². The highest BCUT2D eigenvalue weighted by atomic mass is 31.2. The molecule has 1 fully saturated rings. The van der Waals surface area contributed by atoms with Crippen molar-refractivity contribution >= 4 is 21.6 Å². The second kappa shape index (κ2) is 9.60. The average molecular weight is 310 g/mol. The molecule has 1 rings (SSSR count). The molecule has 12 heteroatoms. The molecule has 1 saturated heterocycles. The lowest BCUT2D eigenvalue weighted by atomic mass is 10.2. The zero-order valence-corrected chi connectivity index (χ0v) is 11.0. The third-order valence-electron chi connectivity index (χ3n) is 1.29. The lowest BCUT2D eigenvalue weighted by molar-refractivity contribution is -0.142. The summed E-state index contributed by atoms with van der Waals surface area (Å²) in [5.74, 6) is -0.0255. The summed E-state index contributed by atoms with van der Waals surface area (Å²) in [4.78, 5) is 53.6. The van der Waals surface area contributed by atoms with E-state index in [0.29, 0.717) is 13.0 Å². The van der Waals surface area contributed by atoms with Gasteiger partial charge >= 0.3 is 21.6 Å². The number of phosphoric acid groups is 2. The van der Waals surface area contributed by atoms with Crippen LogP contribution in [0.5, 0.6) is 0 Å². The van der Waals surface area contributed by atoms with Gasteiger partial charge in [-0.25, -0.2) is 9.13 Å². The van der Waals surface area contributed by atoms with E-state index in [1.165, 1.54) is 0 Å². The van der Waals surface area contributed by atoms with Crippen molar-refractivity contribution in [1.29, 1.82) is 0 Å². The van der Waals surface area contributed by atoms with Crippen LogP contribution in [0.3, 0.4) is 0 Å². The van der Waals surface area contributed by atoms with Crippen LogP contribution in [0.4, 0.5) is 0 Å². The minimum absolute atomic E-state index is 0.0255. The van der Waals surface area contributed by atoms with Gasteiger partial charge in [0.2, 0.25) is 0 Å². The fourth-order valence-electron chi connectivity index (χ4n) is 0.806. The van der Waals surface area contributed by atoms with E-state index in [1.807, 2.05) is 0 Å². The van der Waals surface area contributed by atoms with Gasteiger partial charge < -0.3 is 34.1 Å². The summed E-state index contributed by atoms with van der Waals surface area (Å²) in [7, 11) is -9.28. The number of hydrogen-bond donors (Lipinski definition) is 6. The van der Waals surface area contributed by atoms with Gasteiger partial charge in [-0.15, -0.1) is 0 Å². The first-order valence-corrected chi connectivity index (χ1v) is 7.75. The quantitative estimate of drug-likeness (QED) is 0.246. The van der Waals surface area contributed by atoms with E-state index >= 15 is 0 Å². The largest absolute Gasteiger partial charge is 0.466 e. The first-order chi connectivity index (χ1) is 7.89. The van der Waals surface area contributed by atoms with E-state index < -0.39 is 15.6 Å². The summed E-state index contributed by atoms with van der Waals surface area (Å²) >= 11 is 0. The van der Waals surface area contributed by atoms with E-state index in [2.05, 4.69) is 0 Å². The van der Waals surface area contributed by atoms with Gasteiger partial charge in [0, 0.05) is 6.42 Å². The van der Waals surface area contributed by atoms with Crippen molar-refractivity contribution in [2.24, 2.45) is 0 Å². The Labute approximate surface area is 103 Å². The van der Waals surface area contributed by atoms with E-state index in [1.54, 1.807) is 0 Å². The summed E-state index contributed by atoms with van der Waals surface area (Å²) in [5, 5.41) is 0. The van der Waals surface area contributed by atoms with Gasteiger partial charge in [-0.1, -0.05) is 0 Å². The van der Waals surface area contributed by atoms with Gasteiger partial charge in [-0.3, -0.25) is 4.79 Å². The van der Waals surface area contributed by atoms with Crippen LogP contribution in [-0.2, 0) is 18.7 Å². The van der Waals surface area contributed by atoms with E-state index in [9.17, 15) is 4.79 Å². The van der Waals surface area contributed by atoms with Gasteiger partial charge in [0.25, 0.3) is 0 Å². The monoisotopic (exact) mass is 310 g/mol. The van der Waals surface area contributed by atoms with Crippen LogP contribution in [0.1, 0.15) is 25.7 Å². The Hall–Kier alpha value is -0.310. The van der Waals surface area contributed by atoms with Crippen molar-refractivity contribution in [2.75, 3.05) is 6.61 Å². The SMILES string of the molecule is O=C1CCCCCO1.O=P(O)(O)O.O=P(O)(O)O. The predicted octanol–water partition coefficient (Wildman–Crippen LogP) is -0.754. The molecule has 0 saturated carbocycles. The molecule has 10 nitrogen and oxygen atoms in total. The summed E-state index contributed by atoms with van der Waals surface area (Å²) in [5.41, 5.74) is 0. The minimum atomic E-state index is -4.64. The van der Waals surface area contributed by atoms with Gasteiger partial charge in [0.1, 0.15) is 0 Å². The summed E-state index contributed by atoms with van der Waals surface area (Å²) < 4.78 is 22.5. The number of esters is 1. The molecule has 0 aliphatic carbocycles. The van der Waals surface area contributed by atoms with Crippen LogP contribution < -0.4 is 0 Å². The molecule has 0 atom stereocenters. The lowest BCUT2D eigenvalue weighted by Crippen LogP contribution is -2.00. The molecule has 1 aliphatic heterocycles. The highest BCUT2D eigenvalue weighted by molar-refractivity contribution is 7.45. The maximum Gasteiger partial charge on any atom is 0.466 e. The van der Waals surface area contributed by atoms with Crippen LogP contribution in [0, 0.1) is 0 Å². The molecule has 1 heterocycles. The van der Waals surface area contributed by atoms with Crippen molar-refractivity contribution < 1.29 is 48.0 Å². The fourth-order valence-corrected chi connectivity index (χ4v) is 0.806. The molecule has 18 heavy (non-hydrogen) atoms. The van der Waals surface area contributed by atoms with Gasteiger partial charge in [-0.2, -0.15) is 0 Å². The Balaban J connectivity index is 0. The first-order valence-electron chi connectivity index (χ1n) is 4.62. The zero-order valence-electron chi connectivity index (χ0n) is 9.25. The van der Waals surface area contributed by atoms with Crippen LogP contribution in [-0.4, -0.2) is 41.9 Å². The molecule has 0 bridgehead atoms.